The van der Waals surface area contributed by atoms with E-state index in [9.17, 15) is 19.2 Å². The van der Waals surface area contributed by atoms with Gasteiger partial charge in [0.1, 0.15) is 0 Å². The first-order chi connectivity index (χ1) is 18.2. The van der Waals surface area contributed by atoms with Gasteiger partial charge in [-0.1, -0.05) is 47.5 Å². The summed E-state index contributed by atoms with van der Waals surface area (Å²) in [6.07, 6.45) is 0. The maximum absolute atomic E-state index is 13.7. The normalized spacial score (nSPS) is 12.0. The van der Waals surface area contributed by atoms with Gasteiger partial charge in [0, 0.05) is 55.9 Å². The molecule has 0 radical (unpaired) electrons. The summed E-state index contributed by atoms with van der Waals surface area (Å²) in [5.74, 6) is -2.33. The van der Waals surface area contributed by atoms with E-state index in [2.05, 4.69) is 0 Å². The lowest BCUT2D eigenvalue weighted by Crippen LogP contribution is -2.29. The first-order valence-corrected chi connectivity index (χ1v) is 12.5. The third-order valence-corrected chi connectivity index (χ3v) is 7.17. The van der Waals surface area contributed by atoms with Crippen molar-refractivity contribution in [2.45, 2.75) is 0 Å². The van der Waals surface area contributed by atoms with Crippen LogP contribution in [-0.4, -0.2) is 23.4 Å². The molecular formula is C28H14Cl4N2O4. The van der Waals surface area contributed by atoms with E-state index in [1.165, 1.54) is 84.9 Å². The van der Waals surface area contributed by atoms with Crippen LogP contribution < -0.4 is 8.84 Å². The van der Waals surface area contributed by atoms with Crippen molar-refractivity contribution in [3.05, 3.63) is 128 Å². The summed E-state index contributed by atoms with van der Waals surface area (Å²) >= 11 is 24.6. The molecule has 0 unspecified atom stereocenters. The quantitative estimate of drug-likeness (QED) is 0.207. The molecule has 0 aliphatic heterocycles. The average molecular weight is 584 g/mol. The Balaban J connectivity index is 1.56. The Morgan fingerprint density at radius 1 is 0.526 bits per heavy atom. The maximum Gasteiger partial charge on any atom is 0.272 e. The molecule has 10 heteroatoms. The molecule has 6 nitrogen and oxygen atoms in total. The molecule has 0 atom stereocenters. The van der Waals surface area contributed by atoms with Crippen molar-refractivity contribution in [2.24, 2.45) is 0 Å². The van der Waals surface area contributed by atoms with Crippen LogP contribution in [0.4, 0.5) is 11.4 Å². The first-order valence-electron chi connectivity index (χ1n) is 11.1. The minimum absolute atomic E-state index is 0.0195. The van der Waals surface area contributed by atoms with Gasteiger partial charge in [-0.2, -0.15) is 0 Å². The van der Waals surface area contributed by atoms with Crippen LogP contribution in [0.25, 0.3) is 0 Å². The van der Waals surface area contributed by atoms with Gasteiger partial charge in [-0.25, -0.2) is 8.84 Å². The number of carbonyl (C=O) groups excluding carboxylic acids is 4. The van der Waals surface area contributed by atoms with Crippen molar-refractivity contribution in [1.82, 2.24) is 0 Å². The number of rotatable bonds is 4. The number of benzene rings is 4. The van der Waals surface area contributed by atoms with Crippen molar-refractivity contribution in [1.29, 1.82) is 0 Å². The van der Waals surface area contributed by atoms with Crippen LogP contribution in [0.5, 0.6) is 0 Å². The molecule has 0 spiro atoms. The highest BCUT2D eigenvalue weighted by atomic mass is 35.5. The molecule has 4 aromatic rings. The van der Waals surface area contributed by atoms with E-state index in [1.807, 2.05) is 0 Å². The van der Waals surface area contributed by atoms with Gasteiger partial charge in [-0.05, 0) is 60.7 Å². The predicted octanol–water partition coefficient (Wildman–Crippen LogP) is 7.37. The van der Waals surface area contributed by atoms with Crippen molar-refractivity contribution in [2.75, 3.05) is 8.84 Å². The highest BCUT2D eigenvalue weighted by Crippen LogP contribution is 2.39. The van der Waals surface area contributed by atoms with E-state index in [-0.39, 0.29) is 44.8 Å². The number of anilines is 2. The fraction of sp³-hybridized carbons (Fsp3) is 0. The Morgan fingerprint density at radius 3 is 1.21 bits per heavy atom. The molecule has 0 aromatic heterocycles. The molecule has 0 bridgehead atoms. The molecular weight excluding hydrogens is 570 g/mol. The van der Waals surface area contributed by atoms with E-state index in [0.29, 0.717) is 10.0 Å². The Kier molecular flexibility index (Phi) is 6.99. The van der Waals surface area contributed by atoms with Crippen LogP contribution in [0.15, 0.2) is 84.9 Å². The highest BCUT2D eigenvalue weighted by Gasteiger charge is 2.37. The third-order valence-electron chi connectivity index (χ3n) is 5.99. The zero-order chi connectivity index (χ0) is 27.1. The number of nitrogens with zero attached hydrogens (tertiary/aromatic N) is 2. The lowest BCUT2D eigenvalue weighted by atomic mass is 9.82. The fourth-order valence-electron chi connectivity index (χ4n) is 4.16. The Hall–Kier alpha value is -3.68. The van der Waals surface area contributed by atoms with Gasteiger partial charge in [-0.3, -0.25) is 19.2 Å². The number of ketones is 2. The third kappa shape index (κ3) is 4.46. The van der Waals surface area contributed by atoms with Crippen molar-refractivity contribution >= 4 is 81.5 Å². The lowest BCUT2D eigenvalue weighted by Gasteiger charge is -2.26. The second-order valence-corrected chi connectivity index (χ2v) is 9.79. The van der Waals surface area contributed by atoms with Gasteiger partial charge in [0.2, 0.25) is 0 Å². The maximum atomic E-state index is 13.7. The number of hydrogen-bond donors (Lipinski definition) is 0. The lowest BCUT2D eigenvalue weighted by molar-refractivity contribution is 0.0974. The average Bonchev–Trinajstić information content (AvgIpc) is 2.94. The minimum Gasteiger partial charge on any atom is -0.288 e. The number of halogens is 4. The van der Waals surface area contributed by atoms with Crippen molar-refractivity contribution < 1.29 is 19.2 Å². The van der Waals surface area contributed by atoms with Crippen LogP contribution in [-0.2, 0) is 0 Å². The zero-order valence-corrected chi connectivity index (χ0v) is 22.1. The topological polar surface area (TPSA) is 74.8 Å². The highest BCUT2D eigenvalue weighted by molar-refractivity contribution is 6.44. The largest absolute Gasteiger partial charge is 0.288 e. The van der Waals surface area contributed by atoms with Crippen LogP contribution in [0.1, 0.15) is 52.6 Å². The summed E-state index contributed by atoms with van der Waals surface area (Å²) in [5.41, 5.74) is 0.513. The van der Waals surface area contributed by atoms with E-state index in [0.717, 1.165) is 8.84 Å². The van der Waals surface area contributed by atoms with Crippen LogP contribution >= 0.6 is 46.8 Å². The molecule has 1 aliphatic carbocycles. The standard InChI is InChI=1S/C28H14Cl4N2O4/c29-17-11-7-15(8-12-17)27(37)33(31)21-5-1-3-19-23(21)26(36)20-4-2-6-22(24(20)25(19)35)34(32)28(38)16-9-13-18(30)14-10-16/h1-14H. The number of amides is 2. The number of hydrogen-bond acceptors (Lipinski definition) is 4. The van der Waals surface area contributed by atoms with Crippen LogP contribution in [0, 0.1) is 0 Å². The summed E-state index contributed by atoms with van der Waals surface area (Å²) in [7, 11) is 0. The summed E-state index contributed by atoms with van der Waals surface area (Å²) < 4.78 is 1.58. The smallest absolute Gasteiger partial charge is 0.272 e. The van der Waals surface area contributed by atoms with Crippen LogP contribution in [0.3, 0.4) is 0 Å². The minimum atomic E-state index is -0.614. The van der Waals surface area contributed by atoms with E-state index >= 15 is 0 Å². The van der Waals surface area contributed by atoms with E-state index in [1.54, 1.807) is 0 Å². The SMILES string of the molecule is O=C1c2cccc(N(Cl)C(=O)c3ccc(Cl)cc3)c2C(=O)c2cccc(N(Cl)C(=O)c3ccc(Cl)cc3)c21. The molecule has 38 heavy (non-hydrogen) atoms. The van der Waals surface area contributed by atoms with E-state index in [4.69, 9.17) is 46.8 Å². The molecule has 0 saturated carbocycles. The Labute approximate surface area is 237 Å². The Bertz CT molecular complexity index is 1510. The van der Waals surface area contributed by atoms with E-state index < -0.39 is 23.4 Å². The zero-order valence-electron chi connectivity index (χ0n) is 19.1. The molecule has 0 fully saturated rings. The molecule has 0 heterocycles. The molecule has 2 amide bonds. The summed E-state index contributed by atoms with van der Waals surface area (Å²) in [6.45, 7) is 0. The van der Waals surface area contributed by atoms with Gasteiger partial charge in [0.05, 0.1) is 22.5 Å². The van der Waals surface area contributed by atoms with Gasteiger partial charge in [0.25, 0.3) is 11.8 Å². The monoisotopic (exact) mass is 582 g/mol. The fourth-order valence-corrected chi connectivity index (χ4v) is 4.89. The number of carbonyl (C=O) groups is 4. The molecule has 188 valence electrons. The van der Waals surface area contributed by atoms with Gasteiger partial charge < -0.3 is 0 Å². The Morgan fingerprint density at radius 2 is 0.868 bits per heavy atom. The molecule has 0 saturated heterocycles. The number of fused-ring (bicyclic) bond motifs is 2. The summed E-state index contributed by atoms with van der Waals surface area (Å²) in [5, 5.41) is 0.881. The molecule has 1 aliphatic rings. The second kappa shape index (κ2) is 10.2. The van der Waals surface area contributed by atoms with Gasteiger partial charge in [0.15, 0.2) is 11.6 Å². The van der Waals surface area contributed by atoms with Gasteiger partial charge >= 0.3 is 0 Å². The summed E-state index contributed by atoms with van der Waals surface area (Å²) in [4.78, 5) is 53.5. The van der Waals surface area contributed by atoms with Gasteiger partial charge in [-0.15, -0.1) is 0 Å². The van der Waals surface area contributed by atoms with Crippen molar-refractivity contribution in [3.63, 3.8) is 0 Å². The van der Waals surface area contributed by atoms with Crippen molar-refractivity contribution in [3.8, 4) is 0 Å². The summed E-state index contributed by atoms with van der Waals surface area (Å²) in [6, 6.07) is 21.0. The first kappa shape index (κ1) is 25.9. The predicted molar refractivity (Wildman–Crippen MR) is 148 cm³/mol. The molecule has 0 N–H and O–H groups in total. The van der Waals surface area contributed by atoms with Crippen LogP contribution in [0.2, 0.25) is 10.0 Å². The molecule has 4 aromatic carbocycles. The second-order valence-electron chi connectivity index (χ2n) is 8.24. The molecule has 5 rings (SSSR count).